The van der Waals surface area contributed by atoms with Crippen molar-refractivity contribution in [1.29, 1.82) is 0 Å². The van der Waals surface area contributed by atoms with Crippen LogP contribution in [0.3, 0.4) is 0 Å². The molecule has 0 aliphatic carbocycles. The quantitative estimate of drug-likeness (QED) is 0.895. The van der Waals surface area contributed by atoms with Crippen LogP contribution in [0, 0.1) is 5.92 Å². The van der Waals surface area contributed by atoms with Crippen LogP contribution in [-0.4, -0.2) is 37.9 Å². The molecule has 0 bridgehead atoms. The van der Waals surface area contributed by atoms with Crippen LogP contribution in [0.1, 0.15) is 13.3 Å². The van der Waals surface area contributed by atoms with Crippen LogP contribution in [0.25, 0.3) is 0 Å². The Morgan fingerprint density at radius 1 is 1.37 bits per heavy atom. The van der Waals surface area contributed by atoms with Gasteiger partial charge in [0.2, 0.25) is 5.91 Å². The van der Waals surface area contributed by atoms with Gasteiger partial charge < -0.3 is 19.5 Å². The highest BCUT2D eigenvalue weighted by molar-refractivity contribution is 5.94. The zero-order chi connectivity index (χ0) is 13.8. The van der Waals surface area contributed by atoms with Crippen molar-refractivity contribution in [2.45, 2.75) is 13.3 Å². The molecule has 0 radical (unpaired) electrons. The molecule has 1 aliphatic rings. The summed E-state index contributed by atoms with van der Waals surface area (Å²) in [5, 5.41) is 9.19. The van der Waals surface area contributed by atoms with Gasteiger partial charge in [-0.1, -0.05) is 6.92 Å². The fraction of sp³-hybridized carbons (Fsp3) is 0.500. The van der Waals surface area contributed by atoms with Crippen LogP contribution in [0.4, 0.5) is 5.69 Å². The highest BCUT2D eigenvalue weighted by atomic mass is 16.6. The zero-order valence-electron chi connectivity index (χ0n) is 11.3. The van der Waals surface area contributed by atoms with Gasteiger partial charge in [-0.15, -0.1) is 0 Å². The third-order valence-corrected chi connectivity index (χ3v) is 3.31. The number of aliphatic hydroxyl groups excluding tert-OH is 1. The van der Waals surface area contributed by atoms with Crippen LogP contribution >= 0.6 is 0 Å². The smallest absolute Gasteiger partial charge is 0.232 e. The van der Waals surface area contributed by atoms with Gasteiger partial charge in [0.1, 0.15) is 13.2 Å². The van der Waals surface area contributed by atoms with Crippen molar-refractivity contribution in [2.24, 2.45) is 5.92 Å². The highest BCUT2D eigenvalue weighted by Crippen LogP contribution is 2.34. The van der Waals surface area contributed by atoms with Crippen molar-refractivity contribution in [3.05, 3.63) is 18.2 Å². The molecule has 1 atom stereocenters. The maximum absolute atomic E-state index is 12.2. The Hall–Kier alpha value is -1.75. The Bertz CT molecular complexity index is 457. The minimum atomic E-state index is -0.363. The highest BCUT2D eigenvalue weighted by Gasteiger charge is 2.22. The molecule has 0 saturated heterocycles. The summed E-state index contributed by atoms with van der Waals surface area (Å²) >= 11 is 0. The number of amides is 1. The van der Waals surface area contributed by atoms with Crippen molar-refractivity contribution >= 4 is 11.6 Å². The number of hydrogen-bond donors (Lipinski definition) is 1. The monoisotopic (exact) mass is 265 g/mol. The Labute approximate surface area is 112 Å². The molecule has 104 valence electrons. The summed E-state index contributed by atoms with van der Waals surface area (Å²) in [5.41, 5.74) is 0.737. The molecule has 5 heteroatoms. The number of hydrogen-bond acceptors (Lipinski definition) is 4. The number of carbonyl (C=O) groups excluding carboxylic acids is 1. The van der Waals surface area contributed by atoms with Gasteiger partial charge in [0.15, 0.2) is 11.5 Å². The molecule has 1 amide bonds. The van der Waals surface area contributed by atoms with E-state index in [0.717, 1.165) is 5.69 Å². The third kappa shape index (κ3) is 2.81. The van der Waals surface area contributed by atoms with E-state index in [4.69, 9.17) is 9.47 Å². The molecule has 2 rings (SSSR count). The molecule has 0 saturated carbocycles. The lowest BCUT2D eigenvalue weighted by atomic mass is 10.1. The van der Waals surface area contributed by atoms with Crippen molar-refractivity contribution in [1.82, 2.24) is 0 Å². The van der Waals surface area contributed by atoms with Crippen LogP contribution in [0.5, 0.6) is 11.5 Å². The van der Waals surface area contributed by atoms with Gasteiger partial charge in [0.05, 0.1) is 12.5 Å². The number of aliphatic hydroxyl groups is 1. The fourth-order valence-electron chi connectivity index (χ4n) is 2.02. The summed E-state index contributed by atoms with van der Waals surface area (Å²) in [6.07, 6.45) is 0.615. The lowest BCUT2D eigenvalue weighted by Gasteiger charge is -2.24. The number of carbonyl (C=O) groups is 1. The number of fused-ring (bicyclic) bond motifs is 1. The average Bonchev–Trinajstić information content (AvgIpc) is 2.47. The first-order chi connectivity index (χ1) is 9.17. The van der Waals surface area contributed by atoms with Crippen molar-refractivity contribution in [3.63, 3.8) is 0 Å². The zero-order valence-corrected chi connectivity index (χ0v) is 11.3. The predicted molar refractivity (Wildman–Crippen MR) is 71.7 cm³/mol. The minimum Gasteiger partial charge on any atom is -0.486 e. The maximum Gasteiger partial charge on any atom is 0.232 e. The third-order valence-electron chi connectivity index (χ3n) is 3.31. The van der Waals surface area contributed by atoms with E-state index >= 15 is 0 Å². The minimum absolute atomic E-state index is 0.0957. The number of nitrogens with zero attached hydrogens (tertiary/aromatic N) is 1. The number of rotatable bonds is 4. The van der Waals surface area contributed by atoms with Gasteiger partial charge in [-0.3, -0.25) is 4.79 Å². The molecule has 0 spiro atoms. The number of anilines is 1. The molecular weight excluding hydrogens is 246 g/mol. The topological polar surface area (TPSA) is 59.0 Å². The Morgan fingerprint density at radius 3 is 2.68 bits per heavy atom. The number of benzene rings is 1. The van der Waals surface area contributed by atoms with Gasteiger partial charge >= 0.3 is 0 Å². The second-order valence-corrected chi connectivity index (χ2v) is 4.51. The lowest BCUT2D eigenvalue weighted by Crippen LogP contribution is -2.34. The van der Waals surface area contributed by atoms with E-state index in [1.165, 1.54) is 0 Å². The van der Waals surface area contributed by atoms with Crippen LogP contribution in [0.15, 0.2) is 18.2 Å². The summed E-state index contributed by atoms with van der Waals surface area (Å²) in [5.74, 6) is 0.894. The first-order valence-corrected chi connectivity index (χ1v) is 6.45. The average molecular weight is 265 g/mol. The van der Waals surface area contributed by atoms with Gasteiger partial charge in [-0.05, 0) is 18.6 Å². The second-order valence-electron chi connectivity index (χ2n) is 4.51. The van der Waals surface area contributed by atoms with Crippen LogP contribution in [0.2, 0.25) is 0 Å². The summed E-state index contributed by atoms with van der Waals surface area (Å²) in [4.78, 5) is 13.7. The first kappa shape index (κ1) is 13.7. The summed E-state index contributed by atoms with van der Waals surface area (Å²) in [7, 11) is 1.70. The SMILES string of the molecule is CCC(CO)C(=O)N(C)c1ccc2c(c1)OCCO2. The molecule has 19 heavy (non-hydrogen) atoms. The summed E-state index contributed by atoms with van der Waals surface area (Å²) < 4.78 is 10.9. The van der Waals surface area contributed by atoms with E-state index in [-0.39, 0.29) is 18.4 Å². The molecule has 1 aromatic carbocycles. The van der Waals surface area contributed by atoms with Gasteiger partial charge in [-0.25, -0.2) is 0 Å². The first-order valence-electron chi connectivity index (χ1n) is 6.45. The Kier molecular flexibility index (Phi) is 4.27. The fourth-order valence-corrected chi connectivity index (χ4v) is 2.02. The van der Waals surface area contributed by atoms with E-state index in [1.54, 1.807) is 24.1 Å². The number of ether oxygens (including phenoxy) is 2. The summed E-state index contributed by atoms with van der Waals surface area (Å²) in [6, 6.07) is 5.40. The maximum atomic E-state index is 12.2. The molecule has 1 heterocycles. The van der Waals surface area contributed by atoms with E-state index in [9.17, 15) is 9.90 Å². The van der Waals surface area contributed by atoms with E-state index in [0.29, 0.717) is 31.1 Å². The van der Waals surface area contributed by atoms with Gasteiger partial charge in [0, 0.05) is 18.8 Å². The molecule has 1 N–H and O–H groups in total. The molecule has 1 unspecified atom stereocenters. The van der Waals surface area contributed by atoms with Gasteiger partial charge in [-0.2, -0.15) is 0 Å². The van der Waals surface area contributed by atoms with Crippen molar-refractivity contribution < 1.29 is 19.4 Å². The molecule has 0 fully saturated rings. The van der Waals surface area contributed by atoms with Crippen LogP contribution in [-0.2, 0) is 4.79 Å². The Balaban J connectivity index is 2.19. The van der Waals surface area contributed by atoms with Gasteiger partial charge in [0.25, 0.3) is 0 Å². The summed E-state index contributed by atoms with van der Waals surface area (Å²) in [6.45, 7) is 2.81. The second kappa shape index (κ2) is 5.93. The normalized spacial score (nSPS) is 14.9. The van der Waals surface area contributed by atoms with Crippen molar-refractivity contribution in [3.8, 4) is 11.5 Å². The molecule has 1 aliphatic heterocycles. The lowest BCUT2D eigenvalue weighted by molar-refractivity contribution is -0.123. The molecule has 5 nitrogen and oxygen atoms in total. The van der Waals surface area contributed by atoms with Crippen molar-refractivity contribution in [2.75, 3.05) is 31.8 Å². The van der Waals surface area contributed by atoms with E-state index in [2.05, 4.69) is 0 Å². The molecule has 0 aromatic heterocycles. The molecule has 1 aromatic rings. The van der Waals surface area contributed by atoms with E-state index < -0.39 is 0 Å². The van der Waals surface area contributed by atoms with E-state index in [1.807, 2.05) is 13.0 Å². The standard InChI is InChI=1S/C14H19NO4/c1-3-10(9-16)14(17)15(2)11-4-5-12-13(8-11)19-7-6-18-12/h4-5,8,10,16H,3,6-7,9H2,1-2H3. The molecular formula is C14H19NO4. The Morgan fingerprint density at radius 2 is 2.05 bits per heavy atom. The van der Waals surface area contributed by atoms with Crippen LogP contribution < -0.4 is 14.4 Å². The largest absolute Gasteiger partial charge is 0.486 e. The predicted octanol–water partition coefficient (Wildman–Crippen LogP) is 1.44.